The van der Waals surface area contributed by atoms with E-state index in [0.29, 0.717) is 6.04 Å². The molecule has 0 aliphatic carbocycles. The van der Waals surface area contributed by atoms with Crippen molar-refractivity contribution in [3.63, 3.8) is 0 Å². The molecule has 1 rings (SSSR count). The molecule has 0 aromatic heterocycles. The number of hydrogen-bond acceptors (Lipinski definition) is 2. The summed E-state index contributed by atoms with van der Waals surface area (Å²) < 4.78 is 5.30. The van der Waals surface area contributed by atoms with Crippen molar-refractivity contribution < 1.29 is 4.74 Å². The van der Waals surface area contributed by atoms with Crippen LogP contribution < -0.4 is 5.32 Å². The van der Waals surface area contributed by atoms with Gasteiger partial charge in [0.1, 0.15) is 0 Å². The van der Waals surface area contributed by atoms with Gasteiger partial charge in [0.15, 0.2) is 0 Å². The molecule has 18 heavy (non-hydrogen) atoms. The Morgan fingerprint density at radius 1 is 1.17 bits per heavy atom. The monoisotopic (exact) mass is 249 g/mol. The topological polar surface area (TPSA) is 21.3 Å². The van der Waals surface area contributed by atoms with Crippen LogP contribution >= 0.6 is 0 Å². The maximum Gasteiger partial charge on any atom is 0.0667 e. The molecule has 0 spiro atoms. The smallest absolute Gasteiger partial charge is 0.0667 e. The van der Waals surface area contributed by atoms with Crippen LogP contribution in [0, 0.1) is 0 Å². The number of benzene rings is 1. The van der Waals surface area contributed by atoms with Crippen molar-refractivity contribution in [2.45, 2.75) is 51.7 Å². The number of rotatable bonds is 9. The Kier molecular flexibility index (Phi) is 7.70. The highest BCUT2D eigenvalue weighted by Crippen LogP contribution is 2.19. The van der Waals surface area contributed by atoms with Gasteiger partial charge in [-0.25, -0.2) is 0 Å². The standard InChI is InChI=1S/C16H27NO/c1-4-5-7-12-16(17-13-14(2)18-3)15-10-8-6-9-11-15/h6,8-11,14,16-17H,4-5,7,12-13H2,1-3H3. The van der Waals surface area contributed by atoms with Gasteiger partial charge >= 0.3 is 0 Å². The molecule has 2 unspecified atom stereocenters. The highest BCUT2D eigenvalue weighted by molar-refractivity contribution is 5.18. The van der Waals surface area contributed by atoms with E-state index in [1.807, 2.05) is 0 Å². The Labute approximate surface area is 112 Å². The van der Waals surface area contributed by atoms with Crippen LogP contribution in [-0.2, 0) is 4.74 Å². The van der Waals surface area contributed by atoms with Gasteiger partial charge in [-0.15, -0.1) is 0 Å². The van der Waals surface area contributed by atoms with E-state index in [0.717, 1.165) is 6.54 Å². The Balaban J connectivity index is 2.52. The molecule has 2 atom stereocenters. The normalized spacial score (nSPS) is 14.4. The summed E-state index contributed by atoms with van der Waals surface area (Å²) in [6.45, 7) is 5.25. The molecular formula is C16H27NO. The second-order valence-corrected chi connectivity index (χ2v) is 4.91. The van der Waals surface area contributed by atoms with Crippen LogP contribution in [0.1, 0.15) is 51.1 Å². The average molecular weight is 249 g/mol. The van der Waals surface area contributed by atoms with Crippen LogP contribution in [0.5, 0.6) is 0 Å². The lowest BCUT2D eigenvalue weighted by atomic mass is 10.0. The van der Waals surface area contributed by atoms with Gasteiger partial charge in [-0.2, -0.15) is 0 Å². The third-order valence-electron chi connectivity index (χ3n) is 3.35. The van der Waals surface area contributed by atoms with Gasteiger partial charge in [0.25, 0.3) is 0 Å². The summed E-state index contributed by atoms with van der Waals surface area (Å²) in [5, 5.41) is 3.62. The van der Waals surface area contributed by atoms with Crippen molar-refractivity contribution >= 4 is 0 Å². The predicted molar refractivity (Wildman–Crippen MR) is 77.8 cm³/mol. The quantitative estimate of drug-likeness (QED) is 0.669. The molecule has 0 saturated carbocycles. The Hall–Kier alpha value is -0.860. The summed E-state index contributed by atoms with van der Waals surface area (Å²) in [6.07, 6.45) is 5.34. The number of nitrogens with one attached hydrogen (secondary N) is 1. The fourth-order valence-electron chi connectivity index (χ4n) is 2.06. The molecule has 1 aromatic rings. The Bertz CT molecular complexity index is 299. The van der Waals surface area contributed by atoms with Crippen molar-refractivity contribution in [2.75, 3.05) is 13.7 Å². The van der Waals surface area contributed by atoms with E-state index in [4.69, 9.17) is 4.74 Å². The number of unbranched alkanes of at least 4 members (excludes halogenated alkanes) is 2. The van der Waals surface area contributed by atoms with Gasteiger partial charge in [0.05, 0.1) is 6.10 Å². The molecule has 2 heteroatoms. The zero-order chi connectivity index (χ0) is 13.2. The number of ether oxygens (including phenoxy) is 1. The predicted octanol–water partition coefficient (Wildman–Crippen LogP) is 3.93. The zero-order valence-electron chi connectivity index (χ0n) is 12.0. The molecule has 0 radical (unpaired) electrons. The SMILES string of the molecule is CCCCCC(NCC(C)OC)c1ccccc1. The maximum absolute atomic E-state index is 5.30. The fraction of sp³-hybridized carbons (Fsp3) is 0.625. The molecule has 102 valence electrons. The van der Waals surface area contributed by atoms with E-state index < -0.39 is 0 Å². The van der Waals surface area contributed by atoms with Gasteiger partial charge in [0.2, 0.25) is 0 Å². The lowest BCUT2D eigenvalue weighted by molar-refractivity contribution is 0.113. The first-order valence-corrected chi connectivity index (χ1v) is 7.09. The summed E-state index contributed by atoms with van der Waals surface area (Å²) >= 11 is 0. The van der Waals surface area contributed by atoms with E-state index in [1.165, 1.54) is 31.2 Å². The van der Waals surface area contributed by atoms with E-state index in [9.17, 15) is 0 Å². The molecule has 2 nitrogen and oxygen atoms in total. The first kappa shape index (κ1) is 15.2. The molecule has 0 heterocycles. The van der Waals surface area contributed by atoms with E-state index in [-0.39, 0.29) is 6.10 Å². The zero-order valence-corrected chi connectivity index (χ0v) is 12.0. The summed E-state index contributed by atoms with van der Waals surface area (Å²) in [7, 11) is 1.76. The third-order valence-corrected chi connectivity index (χ3v) is 3.35. The van der Waals surface area contributed by atoms with Gasteiger partial charge < -0.3 is 10.1 Å². The van der Waals surface area contributed by atoms with Crippen molar-refractivity contribution in [1.29, 1.82) is 0 Å². The van der Waals surface area contributed by atoms with Crippen LogP contribution in [-0.4, -0.2) is 19.8 Å². The Morgan fingerprint density at radius 2 is 1.89 bits per heavy atom. The average Bonchev–Trinajstić information content (AvgIpc) is 2.43. The lowest BCUT2D eigenvalue weighted by Gasteiger charge is -2.21. The van der Waals surface area contributed by atoms with Gasteiger partial charge in [0, 0.05) is 19.7 Å². The van der Waals surface area contributed by atoms with Gasteiger partial charge in [-0.05, 0) is 18.9 Å². The largest absolute Gasteiger partial charge is 0.380 e. The highest BCUT2D eigenvalue weighted by Gasteiger charge is 2.11. The molecular weight excluding hydrogens is 222 g/mol. The Morgan fingerprint density at radius 3 is 2.50 bits per heavy atom. The first-order chi connectivity index (χ1) is 8.77. The van der Waals surface area contributed by atoms with Crippen molar-refractivity contribution in [3.05, 3.63) is 35.9 Å². The van der Waals surface area contributed by atoms with Crippen molar-refractivity contribution in [2.24, 2.45) is 0 Å². The molecule has 0 amide bonds. The van der Waals surface area contributed by atoms with Gasteiger partial charge in [-0.1, -0.05) is 56.5 Å². The van der Waals surface area contributed by atoms with Crippen LogP contribution in [0.4, 0.5) is 0 Å². The molecule has 0 aliphatic heterocycles. The second-order valence-electron chi connectivity index (χ2n) is 4.91. The lowest BCUT2D eigenvalue weighted by Crippen LogP contribution is -2.29. The fourth-order valence-corrected chi connectivity index (χ4v) is 2.06. The minimum Gasteiger partial charge on any atom is -0.380 e. The molecule has 0 fully saturated rings. The van der Waals surface area contributed by atoms with Crippen LogP contribution in [0.15, 0.2) is 30.3 Å². The van der Waals surface area contributed by atoms with Crippen LogP contribution in [0.2, 0.25) is 0 Å². The molecule has 0 saturated heterocycles. The van der Waals surface area contributed by atoms with E-state index in [1.54, 1.807) is 7.11 Å². The van der Waals surface area contributed by atoms with Crippen LogP contribution in [0.25, 0.3) is 0 Å². The molecule has 0 bridgehead atoms. The minimum atomic E-state index is 0.266. The number of methoxy groups -OCH3 is 1. The minimum absolute atomic E-state index is 0.266. The highest BCUT2D eigenvalue weighted by atomic mass is 16.5. The summed E-state index contributed by atoms with van der Waals surface area (Å²) in [5.41, 5.74) is 1.39. The summed E-state index contributed by atoms with van der Waals surface area (Å²) in [5.74, 6) is 0. The first-order valence-electron chi connectivity index (χ1n) is 7.09. The van der Waals surface area contributed by atoms with Crippen LogP contribution in [0.3, 0.4) is 0 Å². The summed E-state index contributed by atoms with van der Waals surface area (Å²) in [6, 6.07) is 11.2. The summed E-state index contributed by atoms with van der Waals surface area (Å²) in [4.78, 5) is 0. The van der Waals surface area contributed by atoms with Crippen molar-refractivity contribution in [1.82, 2.24) is 5.32 Å². The van der Waals surface area contributed by atoms with Crippen molar-refractivity contribution in [3.8, 4) is 0 Å². The molecule has 1 N–H and O–H groups in total. The van der Waals surface area contributed by atoms with E-state index >= 15 is 0 Å². The maximum atomic E-state index is 5.30. The second kappa shape index (κ2) is 9.12. The van der Waals surface area contributed by atoms with Gasteiger partial charge in [-0.3, -0.25) is 0 Å². The molecule has 1 aromatic carbocycles. The van der Waals surface area contributed by atoms with E-state index in [2.05, 4.69) is 49.5 Å². The number of hydrogen-bond donors (Lipinski definition) is 1. The third kappa shape index (κ3) is 5.65. The molecule has 0 aliphatic rings.